The number of thiocarbonyl (C=S) groups is 1. The number of amides is 2. The molecule has 1 saturated heterocycles. The highest BCUT2D eigenvalue weighted by Gasteiger charge is 2.24. The number of benzene rings is 2. The van der Waals surface area contributed by atoms with Gasteiger partial charge in [-0.3, -0.25) is 14.9 Å². The summed E-state index contributed by atoms with van der Waals surface area (Å²) < 4.78 is 5.35. The summed E-state index contributed by atoms with van der Waals surface area (Å²) in [6.07, 6.45) is 0. The van der Waals surface area contributed by atoms with Gasteiger partial charge in [0.05, 0.1) is 23.4 Å². The molecule has 3 rings (SSSR count). The number of piperazine rings is 1. The van der Waals surface area contributed by atoms with Crippen molar-refractivity contribution in [2.75, 3.05) is 43.5 Å². The highest BCUT2D eigenvalue weighted by atomic mass is 35.5. The van der Waals surface area contributed by atoms with Gasteiger partial charge in [-0.25, -0.2) is 0 Å². The third-order valence-corrected chi connectivity index (χ3v) is 6.03. The topological polar surface area (TPSA) is 73.9 Å². The minimum atomic E-state index is -0.357. The molecule has 0 aliphatic carbocycles. The smallest absolute Gasteiger partial charge is 0.261 e. The van der Waals surface area contributed by atoms with E-state index in [-0.39, 0.29) is 22.8 Å². The number of para-hydroxylation sites is 1. The van der Waals surface area contributed by atoms with E-state index in [9.17, 15) is 9.59 Å². The Balaban J connectivity index is 1.60. The van der Waals surface area contributed by atoms with Gasteiger partial charge in [-0.15, -0.1) is 0 Å². The monoisotopic (exact) mass is 488 g/mol. The molecule has 0 saturated carbocycles. The average Bonchev–Trinajstić information content (AvgIpc) is 2.78. The van der Waals surface area contributed by atoms with E-state index in [1.807, 2.05) is 43.9 Å². The van der Waals surface area contributed by atoms with Crippen molar-refractivity contribution in [1.29, 1.82) is 0 Å². The number of carbonyl (C=O) groups excluding carboxylic acids is 2. The van der Waals surface area contributed by atoms with Crippen LogP contribution in [0.5, 0.6) is 5.75 Å². The molecule has 176 valence electrons. The van der Waals surface area contributed by atoms with Crippen LogP contribution < -0.4 is 20.3 Å². The number of carbonyl (C=O) groups is 2. The van der Waals surface area contributed by atoms with Crippen LogP contribution in [0.1, 0.15) is 29.8 Å². The fourth-order valence-electron chi connectivity index (χ4n) is 3.81. The molecule has 1 fully saturated rings. The Hall–Kier alpha value is -2.84. The van der Waals surface area contributed by atoms with Crippen LogP contribution in [0.4, 0.5) is 11.4 Å². The van der Waals surface area contributed by atoms with Crippen molar-refractivity contribution in [2.45, 2.75) is 20.8 Å². The molecular formula is C24H29ClN4O3S. The summed E-state index contributed by atoms with van der Waals surface area (Å²) in [5, 5.41) is 6.41. The summed E-state index contributed by atoms with van der Waals surface area (Å²) >= 11 is 11.9. The predicted octanol–water partition coefficient (Wildman–Crippen LogP) is 4.09. The highest BCUT2D eigenvalue weighted by molar-refractivity contribution is 7.80. The lowest BCUT2D eigenvalue weighted by Gasteiger charge is -2.37. The number of ether oxygens (including phenoxy) is 1. The molecule has 0 bridgehead atoms. The fraction of sp³-hybridized carbons (Fsp3) is 0.375. The van der Waals surface area contributed by atoms with Crippen molar-refractivity contribution in [1.82, 2.24) is 10.2 Å². The third-order valence-electron chi connectivity index (χ3n) is 5.52. The van der Waals surface area contributed by atoms with Gasteiger partial charge in [0, 0.05) is 37.8 Å². The maximum atomic E-state index is 12.6. The van der Waals surface area contributed by atoms with Gasteiger partial charge in [0.25, 0.3) is 5.91 Å². The standard InChI is InChI=1S/C24H29ClN4O3S/c1-15(2)23(31)29-12-10-28(11-13-29)20-9-8-17(14-19(20)25)26-24(33)27-22(30)18-7-5-6-16(3)21(18)32-4/h5-9,14-15H,10-13H2,1-4H3,(H2,26,27,30,33). The number of nitrogens with zero attached hydrogens (tertiary/aromatic N) is 2. The Morgan fingerprint density at radius 3 is 2.42 bits per heavy atom. The van der Waals surface area contributed by atoms with Crippen LogP contribution in [0.25, 0.3) is 0 Å². The van der Waals surface area contributed by atoms with Crippen molar-refractivity contribution < 1.29 is 14.3 Å². The largest absolute Gasteiger partial charge is 0.496 e. The number of hydrogen-bond acceptors (Lipinski definition) is 5. The first-order valence-corrected chi connectivity index (χ1v) is 11.6. The Morgan fingerprint density at radius 2 is 1.82 bits per heavy atom. The number of aryl methyl sites for hydroxylation is 1. The van der Waals surface area contributed by atoms with Gasteiger partial charge in [0.2, 0.25) is 5.91 Å². The lowest BCUT2D eigenvalue weighted by atomic mass is 10.1. The number of nitrogens with one attached hydrogen (secondary N) is 2. The van der Waals surface area contributed by atoms with Crippen molar-refractivity contribution in [2.24, 2.45) is 5.92 Å². The van der Waals surface area contributed by atoms with Crippen LogP contribution >= 0.6 is 23.8 Å². The zero-order chi connectivity index (χ0) is 24.1. The quantitative estimate of drug-likeness (QED) is 0.617. The molecule has 0 atom stereocenters. The Labute approximate surface area is 205 Å². The summed E-state index contributed by atoms with van der Waals surface area (Å²) in [4.78, 5) is 28.9. The normalized spacial score (nSPS) is 13.6. The first-order chi connectivity index (χ1) is 15.7. The molecule has 0 spiro atoms. The van der Waals surface area contributed by atoms with Gasteiger partial charge in [0.15, 0.2) is 5.11 Å². The summed E-state index contributed by atoms with van der Waals surface area (Å²) in [5.41, 5.74) is 2.84. The number of anilines is 2. The molecule has 2 aromatic rings. The summed E-state index contributed by atoms with van der Waals surface area (Å²) in [7, 11) is 1.53. The number of rotatable bonds is 5. The van der Waals surface area contributed by atoms with Crippen LogP contribution in [0.2, 0.25) is 5.02 Å². The van der Waals surface area contributed by atoms with E-state index in [0.29, 0.717) is 35.1 Å². The molecule has 2 amide bonds. The molecule has 1 aliphatic heterocycles. The van der Waals surface area contributed by atoms with Gasteiger partial charge in [-0.05, 0) is 49.0 Å². The van der Waals surface area contributed by atoms with E-state index >= 15 is 0 Å². The second kappa shape index (κ2) is 10.9. The van der Waals surface area contributed by atoms with Gasteiger partial charge in [-0.2, -0.15) is 0 Å². The maximum Gasteiger partial charge on any atom is 0.261 e. The molecule has 1 heterocycles. The van der Waals surface area contributed by atoms with Crippen molar-refractivity contribution in [3.8, 4) is 5.75 Å². The second-order valence-electron chi connectivity index (χ2n) is 8.20. The van der Waals surface area contributed by atoms with Crippen LogP contribution in [0.15, 0.2) is 36.4 Å². The predicted molar refractivity (Wildman–Crippen MR) is 137 cm³/mol. The van der Waals surface area contributed by atoms with Crippen molar-refractivity contribution in [3.05, 3.63) is 52.5 Å². The zero-order valence-corrected chi connectivity index (χ0v) is 20.8. The van der Waals surface area contributed by atoms with E-state index in [0.717, 1.165) is 24.3 Å². The average molecular weight is 489 g/mol. The molecule has 7 nitrogen and oxygen atoms in total. The van der Waals surface area contributed by atoms with Crippen LogP contribution in [0, 0.1) is 12.8 Å². The molecule has 9 heteroatoms. The lowest BCUT2D eigenvalue weighted by molar-refractivity contribution is -0.134. The van der Waals surface area contributed by atoms with Crippen molar-refractivity contribution in [3.63, 3.8) is 0 Å². The van der Waals surface area contributed by atoms with Crippen LogP contribution in [0.3, 0.4) is 0 Å². The molecule has 0 radical (unpaired) electrons. The van der Waals surface area contributed by atoms with Crippen LogP contribution in [-0.2, 0) is 4.79 Å². The number of methoxy groups -OCH3 is 1. The minimum absolute atomic E-state index is 0.00169. The molecule has 2 aromatic carbocycles. The van der Waals surface area contributed by atoms with Gasteiger partial charge in [-0.1, -0.05) is 37.6 Å². The molecule has 0 aromatic heterocycles. The third kappa shape index (κ3) is 5.94. The summed E-state index contributed by atoms with van der Waals surface area (Å²) in [6.45, 7) is 8.49. The Morgan fingerprint density at radius 1 is 1.12 bits per heavy atom. The molecule has 33 heavy (non-hydrogen) atoms. The number of hydrogen-bond donors (Lipinski definition) is 2. The highest BCUT2D eigenvalue weighted by Crippen LogP contribution is 2.30. The SMILES string of the molecule is COc1c(C)cccc1C(=O)NC(=S)Nc1ccc(N2CCN(C(=O)C(C)C)CC2)c(Cl)c1. The first-order valence-electron chi connectivity index (χ1n) is 10.8. The van der Waals surface area contributed by atoms with E-state index in [4.69, 9.17) is 28.6 Å². The Kier molecular flexibility index (Phi) is 8.15. The van der Waals surface area contributed by atoms with E-state index in [1.54, 1.807) is 18.2 Å². The van der Waals surface area contributed by atoms with Crippen molar-refractivity contribution >= 4 is 52.1 Å². The zero-order valence-electron chi connectivity index (χ0n) is 19.3. The summed E-state index contributed by atoms with van der Waals surface area (Å²) in [5.74, 6) is 0.339. The van der Waals surface area contributed by atoms with Gasteiger partial charge >= 0.3 is 0 Å². The van der Waals surface area contributed by atoms with Crippen LogP contribution in [-0.4, -0.2) is 55.1 Å². The fourth-order valence-corrected chi connectivity index (χ4v) is 4.32. The second-order valence-corrected chi connectivity index (χ2v) is 9.01. The number of halogens is 1. The maximum absolute atomic E-state index is 12.6. The first kappa shape index (κ1) is 24.8. The molecule has 1 aliphatic rings. The van der Waals surface area contributed by atoms with E-state index in [1.165, 1.54) is 7.11 Å². The minimum Gasteiger partial charge on any atom is -0.496 e. The molecular weight excluding hydrogens is 460 g/mol. The van der Waals surface area contributed by atoms with E-state index in [2.05, 4.69) is 15.5 Å². The summed E-state index contributed by atoms with van der Waals surface area (Å²) in [6, 6.07) is 10.9. The lowest BCUT2D eigenvalue weighted by Crippen LogP contribution is -2.50. The van der Waals surface area contributed by atoms with E-state index < -0.39 is 0 Å². The Bertz CT molecular complexity index is 1050. The van der Waals surface area contributed by atoms with Gasteiger partial charge < -0.3 is 19.9 Å². The van der Waals surface area contributed by atoms with Gasteiger partial charge in [0.1, 0.15) is 5.75 Å². The molecule has 0 unspecified atom stereocenters. The molecule has 2 N–H and O–H groups in total.